The van der Waals surface area contributed by atoms with Gasteiger partial charge in [0.05, 0.1) is 12.1 Å². The molecule has 0 unspecified atom stereocenters. The van der Waals surface area contributed by atoms with Gasteiger partial charge in [-0.15, -0.1) is 0 Å². The fraction of sp³-hybridized carbons (Fsp3) is 0.286. The summed E-state index contributed by atoms with van der Waals surface area (Å²) >= 11 is 0. The maximum atomic E-state index is 13.9. The topological polar surface area (TPSA) is 145 Å². The second kappa shape index (κ2) is 14.1. The molecule has 0 saturated heterocycles. The van der Waals surface area contributed by atoms with Crippen molar-refractivity contribution in [3.8, 4) is 0 Å². The summed E-state index contributed by atoms with van der Waals surface area (Å²) in [4.78, 5) is 43.9. The van der Waals surface area contributed by atoms with E-state index >= 15 is 0 Å². The number of nitrogens with zero attached hydrogens (tertiary/aromatic N) is 2. The first-order chi connectivity index (χ1) is 22.1. The number of H-pyrrole nitrogens is 1. The summed E-state index contributed by atoms with van der Waals surface area (Å²) in [5.41, 5.74) is 1.73. The van der Waals surface area contributed by atoms with Crippen LogP contribution in [0.15, 0.2) is 103 Å². The van der Waals surface area contributed by atoms with E-state index in [1.165, 1.54) is 13.0 Å². The molecular weight excluding hydrogens is 586 g/mol. The quantitative estimate of drug-likeness (QED) is 0.219. The Morgan fingerprint density at radius 2 is 1.48 bits per heavy atom. The minimum absolute atomic E-state index is 0.182. The van der Waals surface area contributed by atoms with Gasteiger partial charge >= 0.3 is 12.1 Å². The molecule has 2 heterocycles. The zero-order valence-corrected chi connectivity index (χ0v) is 26.1. The summed E-state index contributed by atoms with van der Waals surface area (Å²) in [5.74, 6) is -0.613. The monoisotopic (exact) mass is 623 g/mol. The lowest BCUT2D eigenvalue weighted by atomic mass is 9.97. The van der Waals surface area contributed by atoms with E-state index < -0.39 is 42.0 Å². The summed E-state index contributed by atoms with van der Waals surface area (Å²) in [6.45, 7) is 6.55. The van der Waals surface area contributed by atoms with E-state index in [0.29, 0.717) is 12.2 Å². The molecule has 1 aliphatic heterocycles. The van der Waals surface area contributed by atoms with Crippen molar-refractivity contribution in [2.45, 2.75) is 64.0 Å². The van der Waals surface area contributed by atoms with Gasteiger partial charge in [-0.1, -0.05) is 91.0 Å². The first-order valence-electron chi connectivity index (χ1n) is 15.0. The van der Waals surface area contributed by atoms with Gasteiger partial charge in [0, 0.05) is 13.3 Å². The lowest BCUT2D eigenvalue weighted by Gasteiger charge is -2.36. The van der Waals surface area contributed by atoms with E-state index in [1.807, 2.05) is 91.0 Å². The van der Waals surface area contributed by atoms with Crippen LogP contribution in [-0.2, 0) is 30.2 Å². The summed E-state index contributed by atoms with van der Waals surface area (Å²) in [6.07, 6.45) is -0.698. The molecule has 11 nitrogen and oxygen atoms in total. The fourth-order valence-corrected chi connectivity index (χ4v) is 5.06. The summed E-state index contributed by atoms with van der Waals surface area (Å²) < 4.78 is 17.8. The number of benzene rings is 3. The number of aromatic nitrogens is 3. The molecule has 238 valence electrons. The van der Waals surface area contributed by atoms with Gasteiger partial charge in [-0.3, -0.25) is 9.89 Å². The second-order valence-corrected chi connectivity index (χ2v) is 11.9. The van der Waals surface area contributed by atoms with E-state index in [-0.39, 0.29) is 17.5 Å². The Morgan fingerprint density at radius 1 is 0.891 bits per heavy atom. The zero-order valence-electron chi connectivity index (χ0n) is 26.1. The van der Waals surface area contributed by atoms with E-state index in [1.54, 1.807) is 20.8 Å². The fourth-order valence-electron chi connectivity index (χ4n) is 5.06. The van der Waals surface area contributed by atoms with Crippen molar-refractivity contribution in [1.82, 2.24) is 25.8 Å². The van der Waals surface area contributed by atoms with Crippen LogP contribution in [0.2, 0.25) is 0 Å². The smallest absolute Gasteiger partial charge is 0.408 e. The van der Waals surface area contributed by atoms with Crippen molar-refractivity contribution >= 4 is 18.0 Å². The highest BCUT2D eigenvalue weighted by Gasteiger charge is 2.42. The maximum Gasteiger partial charge on any atom is 0.408 e. The Kier molecular flexibility index (Phi) is 9.80. The third-order valence-corrected chi connectivity index (χ3v) is 7.00. The summed E-state index contributed by atoms with van der Waals surface area (Å²) in [6, 6.07) is 26.5. The van der Waals surface area contributed by atoms with Crippen LogP contribution in [0.3, 0.4) is 0 Å². The first kappa shape index (κ1) is 32.0. The number of carbonyl (C=O) groups is 3. The van der Waals surface area contributed by atoms with Crippen molar-refractivity contribution in [1.29, 1.82) is 0 Å². The van der Waals surface area contributed by atoms with Crippen molar-refractivity contribution in [3.05, 3.63) is 131 Å². The zero-order chi connectivity index (χ0) is 32.7. The normalized spacial score (nSPS) is 17.8. The van der Waals surface area contributed by atoms with Crippen molar-refractivity contribution in [3.63, 3.8) is 0 Å². The molecule has 3 N–H and O–H groups in total. The summed E-state index contributed by atoms with van der Waals surface area (Å²) in [7, 11) is 0. The highest BCUT2D eigenvalue weighted by atomic mass is 16.6. The number of carbonyl (C=O) groups excluding carboxylic acids is 3. The predicted octanol–water partition coefficient (Wildman–Crippen LogP) is 5.08. The highest BCUT2D eigenvalue weighted by Crippen LogP contribution is 2.33. The number of ether oxygens (including phenoxy) is 3. The van der Waals surface area contributed by atoms with Crippen LogP contribution in [0.5, 0.6) is 0 Å². The van der Waals surface area contributed by atoms with Gasteiger partial charge in [0.25, 0.3) is 0 Å². The van der Waals surface area contributed by atoms with Gasteiger partial charge in [0.2, 0.25) is 11.7 Å². The molecule has 3 aromatic carbocycles. The Labute approximate surface area is 267 Å². The number of rotatable bonds is 9. The van der Waals surface area contributed by atoms with Gasteiger partial charge < -0.3 is 24.8 Å². The van der Waals surface area contributed by atoms with Crippen molar-refractivity contribution in [2.24, 2.45) is 0 Å². The molecule has 3 atom stereocenters. The number of hydrogen-bond donors (Lipinski definition) is 3. The first-order valence-corrected chi connectivity index (χ1v) is 15.0. The molecule has 5 rings (SSSR count). The molecule has 1 aromatic heterocycles. The maximum absolute atomic E-state index is 13.9. The number of nitrogens with one attached hydrogen (secondary N) is 3. The lowest BCUT2D eigenvalue weighted by Crippen LogP contribution is -2.56. The number of hydrogen-bond acceptors (Lipinski definition) is 8. The van der Waals surface area contributed by atoms with Crippen molar-refractivity contribution < 1.29 is 28.6 Å². The Morgan fingerprint density at radius 3 is 2.04 bits per heavy atom. The van der Waals surface area contributed by atoms with Gasteiger partial charge in [-0.05, 0) is 43.5 Å². The minimum Gasteiger partial charge on any atom is -0.473 e. The van der Waals surface area contributed by atoms with E-state index in [4.69, 9.17) is 14.2 Å². The standard InChI is InChI=1S/C35H37N5O6/c1-22(41)36-29-26(37-34(43)46-35(2,3)4)21-27(44-31(29)32-38-28(39-40-32)20-23-14-8-5-9-15-23)33(42)45-30(24-16-10-6-11-17-24)25-18-12-7-13-19-25/h5-19,21,26,29-31H,20H2,1-4H3,(H,36,41)(H,37,43)(H,38,39,40)/t26-,29+,31+/m0/s1. The number of aromatic amines is 1. The molecule has 4 aromatic rings. The molecular formula is C35H37N5O6. The molecule has 0 spiro atoms. The Balaban J connectivity index is 1.49. The van der Waals surface area contributed by atoms with Crippen LogP contribution < -0.4 is 10.6 Å². The molecule has 46 heavy (non-hydrogen) atoms. The Hall–Kier alpha value is -5.45. The molecule has 0 saturated carbocycles. The highest BCUT2D eigenvalue weighted by molar-refractivity contribution is 5.87. The molecule has 2 amide bonds. The van der Waals surface area contributed by atoms with Crippen LogP contribution in [0.1, 0.15) is 68.2 Å². The third kappa shape index (κ3) is 8.38. The molecule has 0 bridgehead atoms. The lowest BCUT2D eigenvalue weighted by molar-refractivity contribution is -0.149. The largest absolute Gasteiger partial charge is 0.473 e. The molecule has 1 aliphatic rings. The number of alkyl carbamates (subject to hydrolysis) is 1. The Bertz CT molecular complexity index is 1630. The SMILES string of the molecule is CC(=O)N[C@@H]1[C@@H](NC(=O)OC(C)(C)C)C=C(C(=O)OC(c2ccccc2)c2ccccc2)O[C@H]1c1n[nH]c(Cc2ccccc2)n1. The van der Waals surface area contributed by atoms with Gasteiger partial charge in [-0.25, -0.2) is 14.6 Å². The van der Waals surface area contributed by atoms with Crippen LogP contribution in [0.4, 0.5) is 4.79 Å². The average molecular weight is 624 g/mol. The minimum atomic E-state index is -1.08. The van der Waals surface area contributed by atoms with E-state index in [9.17, 15) is 14.4 Å². The number of amides is 2. The van der Waals surface area contributed by atoms with Crippen LogP contribution in [-0.4, -0.2) is 50.8 Å². The average Bonchev–Trinajstić information content (AvgIpc) is 3.49. The van der Waals surface area contributed by atoms with Gasteiger partial charge in [-0.2, -0.15) is 5.10 Å². The molecule has 0 fully saturated rings. The molecule has 11 heteroatoms. The third-order valence-electron chi connectivity index (χ3n) is 7.00. The molecule has 0 radical (unpaired) electrons. The van der Waals surface area contributed by atoms with E-state index in [0.717, 1.165) is 16.7 Å². The van der Waals surface area contributed by atoms with Crippen LogP contribution >= 0.6 is 0 Å². The van der Waals surface area contributed by atoms with Gasteiger partial charge in [0.1, 0.15) is 11.4 Å². The van der Waals surface area contributed by atoms with Crippen LogP contribution in [0, 0.1) is 0 Å². The predicted molar refractivity (Wildman–Crippen MR) is 169 cm³/mol. The van der Waals surface area contributed by atoms with E-state index in [2.05, 4.69) is 25.8 Å². The van der Waals surface area contributed by atoms with Gasteiger partial charge in [0.15, 0.2) is 18.0 Å². The molecule has 0 aliphatic carbocycles. The van der Waals surface area contributed by atoms with Crippen molar-refractivity contribution in [2.75, 3.05) is 0 Å². The van der Waals surface area contributed by atoms with Crippen LogP contribution in [0.25, 0.3) is 0 Å². The second-order valence-electron chi connectivity index (χ2n) is 11.9. The summed E-state index contributed by atoms with van der Waals surface area (Å²) in [5, 5.41) is 12.9. The number of esters is 1.